The van der Waals surface area contributed by atoms with Gasteiger partial charge in [0.05, 0.1) is 16.6 Å². The van der Waals surface area contributed by atoms with Gasteiger partial charge >= 0.3 is 5.97 Å². The lowest BCUT2D eigenvalue weighted by Gasteiger charge is -2.31. The molecule has 0 spiro atoms. The molecule has 2 aromatic rings. The number of piperidine rings is 1. The normalized spacial score (nSPS) is 16.3. The van der Waals surface area contributed by atoms with E-state index in [9.17, 15) is 14.4 Å². The minimum atomic E-state index is -0.430. The maximum atomic E-state index is 12.3. The summed E-state index contributed by atoms with van der Waals surface area (Å²) in [5, 5.41) is 5.69. The molecule has 2 amide bonds. The summed E-state index contributed by atoms with van der Waals surface area (Å²) in [6.45, 7) is 4.43. The molecule has 1 aliphatic rings. The van der Waals surface area contributed by atoms with E-state index in [0.717, 1.165) is 22.7 Å². The van der Waals surface area contributed by atoms with Gasteiger partial charge in [-0.15, -0.1) is 11.3 Å². The number of hydrogen-bond donors (Lipinski definition) is 1. The molecule has 1 aromatic carbocycles. The Bertz CT molecular complexity index is 896. The van der Waals surface area contributed by atoms with Gasteiger partial charge in [0.2, 0.25) is 5.91 Å². The first-order valence-corrected chi connectivity index (χ1v) is 10.6. The molecule has 1 N–H and O–H groups in total. The lowest BCUT2D eigenvalue weighted by Crippen LogP contribution is -2.42. The van der Waals surface area contributed by atoms with Gasteiger partial charge in [-0.05, 0) is 31.9 Å². The number of aromatic nitrogens is 1. The highest BCUT2D eigenvalue weighted by Crippen LogP contribution is 2.24. The molecule has 154 valence electrons. The molecule has 1 atom stereocenters. The molecule has 2 heterocycles. The molecule has 1 aliphatic heterocycles. The third kappa shape index (κ3) is 5.63. The fourth-order valence-electron chi connectivity index (χ4n) is 3.32. The number of ether oxygens (including phenoxy) is 1. The molecule has 29 heavy (non-hydrogen) atoms. The smallest absolute Gasteiger partial charge is 0.311 e. The van der Waals surface area contributed by atoms with Crippen molar-refractivity contribution < 1.29 is 19.1 Å². The minimum Gasteiger partial charge on any atom is -0.455 e. The van der Waals surface area contributed by atoms with Crippen molar-refractivity contribution in [2.24, 2.45) is 5.92 Å². The predicted molar refractivity (Wildman–Crippen MR) is 111 cm³/mol. The average molecular weight is 416 g/mol. The predicted octanol–water partition coefficient (Wildman–Crippen LogP) is 3.25. The number of amides is 2. The number of aryl methyl sites for hydroxylation is 1. The molecule has 1 aromatic heterocycles. The zero-order valence-corrected chi connectivity index (χ0v) is 17.5. The summed E-state index contributed by atoms with van der Waals surface area (Å²) in [5.74, 6) is -1.17. The summed E-state index contributed by atoms with van der Waals surface area (Å²) >= 11 is 1.57. The average Bonchev–Trinajstić information content (AvgIpc) is 3.18. The van der Waals surface area contributed by atoms with Gasteiger partial charge in [0.15, 0.2) is 6.61 Å². The summed E-state index contributed by atoms with van der Waals surface area (Å²) in [6.07, 6.45) is 1.85. The number of thiazole rings is 1. The largest absolute Gasteiger partial charge is 0.455 e. The number of anilines is 1. The molecule has 1 unspecified atom stereocenters. The number of benzene rings is 1. The molecule has 0 radical (unpaired) electrons. The topological polar surface area (TPSA) is 88.6 Å². The summed E-state index contributed by atoms with van der Waals surface area (Å²) in [4.78, 5) is 42.5. The van der Waals surface area contributed by atoms with Crippen LogP contribution in [0, 0.1) is 12.8 Å². The molecular weight excluding hydrogens is 390 g/mol. The molecule has 0 saturated carbocycles. The number of esters is 1. The third-order valence-corrected chi connectivity index (χ3v) is 5.59. The molecule has 1 saturated heterocycles. The Balaban J connectivity index is 1.51. The third-order valence-electron chi connectivity index (χ3n) is 4.82. The Morgan fingerprint density at radius 3 is 2.90 bits per heavy atom. The standard InChI is InChI=1S/C21H25N3O4S/c1-3-20(26)24-9-5-7-16(11-24)21(27)28-12-19(25)23-17-8-4-6-15(10-17)18-13-29-14(2)22-18/h4,6,8,10,13,16H,3,5,7,9,11-12H2,1-2H3,(H,23,25). The fraction of sp³-hybridized carbons (Fsp3) is 0.429. The zero-order valence-electron chi connectivity index (χ0n) is 16.6. The van der Waals surface area contributed by atoms with E-state index in [1.807, 2.05) is 30.5 Å². The monoisotopic (exact) mass is 415 g/mol. The number of nitrogens with one attached hydrogen (secondary N) is 1. The van der Waals surface area contributed by atoms with E-state index in [2.05, 4.69) is 10.3 Å². The van der Waals surface area contributed by atoms with Crippen molar-refractivity contribution in [2.45, 2.75) is 33.1 Å². The van der Waals surface area contributed by atoms with Gasteiger partial charge in [0.25, 0.3) is 5.91 Å². The molecule has 0 aliphatic carbocycles. The summed E-state index contributed by atoms with van der Waals surface area (Å²) in [6, 6.07) is 7.38. The Morgan fingerprint density at radius 2 is 2.17 bits per heavy atom. The van der Waals surface area contributed by atoms with Crippen molar-refractivity contribution in [1.82, 2.24) is 9.88 Å². The van der Waals surface area contributed by atoms with Gasteiger partial charge < -0.3 is 15.0 Å². The summed E-state index contributed by atoms with van der Waals surface area (Å²) < 4.78 is 5.20. The maximum Gasteiger partial charge on any atom is 0.311 e. The molecule has 3 rings (SSSR count). The van der Waals surface area contributed by atoms with E-state index in [1.54, 1.807) is 29.2 Å². The van der Waals surface area contributed by atoms with Crippen LogP contribution in [0.1, 0.15) is 31.2 Å². The van der Waals surface area contributed by atoms with Crippen LogP contribution in [0.3, 0.4) is 0 Å². The highest BCUT2D eigenvalue weighted by molar-refractivity contribution is 7.09. The Labute approximate surface area is 174 Å². The van der Waals surface area contributed by atoms with E-state index >= 15 is 0 Å². The van der Waals surface area contributed by atoms with Crippen LogP contribution in [0.5, 0.6) is 0 Å². The second-order valence-electron chi connectivity index (χ2n) is 7.02. The first-order chi connectivity index (χ1) is 14.0. The van der Waals surface area contributed by atoms with Crippen LogP contribution in [0.15, 0.2) is 29.6 Å². The zero-order chi connectivity index (χ0) is 20.8. The quantitative estimate of drug-likeness (QED) is 0.732. The molecule has 7 nitrogen and oxygen atoms in total. The van der Waals surface area contributed by atoms with Gasteiger partial charge in [0, 0.05) is 36.1 Å². The van der Waals surface area contributed by atoms with Crippen molar-refractivity contribution in [1.29, 1.82) is 0 Å². The minimum absolute atomic E-state index is 0.0374. The van der Waals surface area contributed by atoms with E-state index in [-0.39, 0.29) is 18.4 Å². The van der Waals surface area contributed by atoms with Gasteiger partial charge in [-0.2, -0.15) is 0 Å². The Hall–Kier alpha value is -2.74. The van der Waals surface area contributed by atoms with Crippen LogP contribution in [0.4, 0.5) is 5.69 Å². The maximum absolute atomic E-state index is 12.3. The van der Waals surface area contributed by atoms with E-state index in [1.165, 1.54) is 0 Å². The van der Waals surface area contributed by atoms with Crippen LogP contribution in [-0.4, -0.2) is 47.4 Å². The highest BCUT2D eigenvalue weighted by Gasteiger charge is 2.29. The molecule has 1 fully saturated rings. The van der Waals surface area contributed by atoms with E-state index < -0.39 is 11.9 Å². The van der Waals surface area contributed by atoms with Gasteiger partial charge in [-0.1, -0.05) is 19.1 Å². The fourth-order valence-corrected chi connectivity index (χ4v) is 3.95. The van der Waals surface area contributed by atoms with E-state index in [0.29, 0.717) is 31.6 Å². The number of likely N-dealkylation sites (tertiary alicyclic amines) is 1. The van der Waals surface area contributed by atoms with Crippen molar-refractivity contribution in [3.63, 3.8) is 0 Å². The lowest BCUT2D eigenvalue weighted by molar-refractivity contribution is -0.154. The van der Waals surface area contributed by atoms with Crippen molar-refractivity contribution in [3.8, 4) is 11.3 Å². The number of rotatable bonds is 6. The number of carbonyl (C=O) groups is 3. The molecule has 0 bridgehead atoms. The van der Waals surface area contributed by atoms with Crippen LogP contribution in [-0.2, 0) is 19.1 Å². The first kappa shape index (κ1) is 21.0. The van der Waals surface area contributed by atoms with Crippen molar-refractivity contribution in [2.75, 3.05) is 25.0 Å². The number of hydrogen-bond acceptors (Lipinski definition) is 6. The summed E-state index contributed by atoms with van der Waals surface area (Å²) in [7, 11) is 0. The van der Waals surface area contributed by atoms with Gasteiger partial charge in [-0.3, -0.25) is 14.4 Å². The van der Waals surface area contributed by atoms with E-state index in [4.69, 9.17) is 4.74 Å². The Morgan fingerprint density at radius 1 is 1.34 bits per heavy atom. The van der Waals surface area contributed by atoms with Gasteiger partial charge in [0.1, 0.15) is 0 Å². The second-order valence-corrected chi connectivity index (χ2v) is 8.08. The van der Waals surface area contributed by atoms with Crippen LogP contribution < -0.4 is 5.32 Å². The second kappa shape index (κ2) is 9.65. The lowest BCUT2D eigenvalue weighted by atomic mass is 9.98. The van der Waals surface area contributed by atoms with Gasteiger partial charge in [-0.25, -0.2) is 4.98 Å². The summed E-state index contributed by atoms with van der Waals surface area (Å²) in [5.41, 5.74) is 2.39. The number of carbonyl (C=O) groups excluding carboxylic acids is 3. The van der Waals surface area contributed by atoms with Crippen molar-refractivity contribution in [3.05, 3.63) is 34.7 Å². The van der Waals surface area contributed by atoms with Crippen LogP contribution in [0.25, 0.3) is 11.3 Å². The van der Waals surface area contributed by atoms with Crippen LogP contribution in [0.2, 0.25) is 0 Å². The first-order valence-electron chi connectivity index (χ1n) is 9.73. The molecule has 8 heteroatoms. The van der Waals surface area contributed by atoms with Crippen molar-refractivity contribution >= 4 is 34.8 Å². The highest BCUT2D eigenvalue weighted by atomic mass is 32.1. The number of nitrogens with zero attached hydrogens (tertiary/aromatic N) is 2. The Kier molecular flexibility index (Phi) is 6.98. The SMILES string of the molecule is CCC(=O)N1CCCC(C(=O)OCC(=O)Nc2cccc(-c3csc(C)n3)c2)C1. The molecular formula is C21H25N3O4S. The van der Waals surface area contributed by atoms with Crippen LogP contribution >= 0.6 is 11.3 Å².